The lowest BCUT2D eigenvalue weighted by Gasteiger charge is -2.21. The van der Waals surface area contributed by atoms with Crippen LogP contribution < -0.4 is 5.32 Å². The van der Waals surface area contributed by atoms with Crippen LogP contribution in [-0.4, -0.2) is 37.8 Å². The first kappa shape index (κ1) is 7.38. The molecule has 1 rings (SSSR count). The van der Waals surface area contributed by atoms with Gasteiger partial charge in [0, 0.05) is 31.2 Å². The van der Waals surface area contributed by atoms with Crippen molar-refractivity contribution in [2.24, 2.45) is 0 Å². The van der Waals surface area contributed by atoms with Crippen molar-refractivity contribution in [3.8, 4) is 0 Å². The van der Waals surface area contributed by atoms with Gasteiger partial charge in [0.1, 0.15) is 0 Å². The first-order valence-corrected chi connectivity index (χ1v) is 4.39. The zero-order valence-corrected chi connectivity index (χ0v) is 6.54. The maximum absolute atomic E-state index is 5.01. The van der Waals surface area contributed by atoms with Gasteiger partial charge in [0.15, 0.2) is 0 Å². The Hall–Kier alpha value is 0.270. The molecule has 2 nitrogen and oxygen atoms in total. The molecule has 1 fully saturated rings. The van der Waals surface area contributed by atoms with Crippen LogP contribution in [0.25, 0.3) is 0 Å². The number of thioether (sulfide) groups is 1. The lowest BCUT2D eigenvalue weighted by atomic mass is 10.3. The summed E-state index contributed by atoms with van der Waals surface area (Å²) in [6, 6.07) is 0.591. The minimum atomic E-state index is 0.591. The van der Waals surface area contributed by atoms with Crippen molar-refractivity contribution in [1.29, 1.82) is 0 Å². The zero-order valence-electron chi connectivity index (χ0n) is 5.72. The van der Waals surface area contributed by atoms with Crippen LogP contribution in [0, 0.1) is 0 Å². The molecule has 0 spiro atoms. The predicted octanol–water partition coefficient (Wildman–Crippen LogP) is 0.338. The molecule has 3 heteroatoms. The molecular formula is C6H13NOS. The Labute approximate surface area is 60.3 Å². The molecule has 9 heavy (non-hydrogen) atoms. The fourth-order valence-corrected chi connectivity index (χ4v) is 1.86. The van der Waals surface area contributed by atoms with E-state index in [2.05, 4.69) is 5.32 Å². The highest BCUT2D eigenvalue weighted by Crippen LogP contribution is 2.06. The van der Waals surface area contributed by atoms with Crippen LogP contribution in [0.3, 0.4) is 0 Å². The molecule has 1 N–H and O–H groups in total. The summed E-state index contributed by atoms with van der Waals surface area (Å²) >= 11 is 2.00. The molecule has 1 aliphatic rings. The van der Waals surface area contributed by atoms with E-state index in [1.54, 1.807) is 7.11 Å². The van der Waals surface area contributed by atoms with Crippen LogP contribution in [0.2, 0.25) is 0 Å². The molecule has 0 bridgehead atoms. The zero-order chi connectivity index (χ0) is 6.53. The van der Waals surface area contributed by atoms with E-state index in [1.165, 1.54) is 11.5 Å². The van der Waals surface area contributed by atoms with E-state index >= 15 is 0 Å². The minimum absolute atomic E-state index is 0.591. The van der Waals surface area contributed by atoms with Gasteiger partial charge in [-0.3, -0.25) is 0 Å². The summed E-state index contributed by atoms with van der Waals surface area (Å²) in [6.07, 6.45) is 0. The van der Waals surface area contributed by atoms with E-state index in [-0.39, 0.29) is 0 Å². The standard InChI is InChI=1S/C6H13NOS/c1-8-4-6-5-9-3-2-7-6/h6-7H,2-5H2,1H3/t6-/m1/s1. The van der Waals surface area contributed by atoms with Crippen molar-refractivity contribution in [2.45, 2.75) is 6.04 Å². The summed E-state index contributed by atoms with van der Waals surface area (Å²) in [4.78, 5) is 0. The lowest BCUT2D eigenvalue weighted by molar-refractivity contribution is 0.173. The summed E-state index contributed by atoms with van der Waals surface area (Å²) in [5, 5.41) is 3.37. The third-order valence-corrected chi connectivity index (χ3v) is 2.50. The van der Waals surface area contributed by atoms with Crippen molar-refractivity contribution >= 4 is 11.8 Å². The largest absolute Gasteiger partial charge is 0.383 e. The SMILES string of the molecule is COC[C@@H]1CSCCN1. The lowest BCUT2D eigenvalue weighted by Crippen LogP contribution is -2.40. The number of rotatable bonds is 2. The Morgan fingerprint density at radius 1 is 1.78 bits per heavy atom. The molecule has 0 aromatic rings. The normalized spacial score (nSPS) is 28.3. The van der Waals surface area contributed by atoms with Crippen LogP contribution in [0.4, 0.5) is 0 Å². The number of ether oxygens (including phenoxy) is 1. The number of methoxy groups -OCH3 is 1. The van der Waals surface area contributed by atoms with Crippen LogP contribution >= 0.6 is 11.8 Å². The molecule has 0 amide bonds. The second kappa shape index (κ2) is 4.14. The molecule has 0 aromatic carbocycles. The van der Waals surface area contributed by atoms with Crippen LogP contribution in [0.1, 0.15) is 0 Å². The highest BCUT2D eigenvalue weighted by Gasteiger charge is 2.10. The highest BCUT2D eigenvalue weighted by molar-refractivity contribution is 7.99. The molecule has 1 atom stereocenters. The molecule has 54 valence electrons. The summed E-state index contributed by atoms with van der Waals surface area (Å²) in [7, 11) is 1.75. The average Bonchev–Trinajstić information content (AvgIpc) is 1.91. The van der Waals surface area contributed by atoms with Gasteiger partial charge in [-0.05, 0) is 0 Å². The van der Waals surface area contributed by atoms with Gasteiger partial charge in [-0.2, -0.15) is 11.8 Å². The third-order valence-electron chi connectivity index (χ3n) is 1.37. The summed E-state index contributed by atoms with van der Waals surface area (Å²) < 4.78 is 5.01. The predicted molar refractivity (Wildman–Crippen MR) is 41.0 cm³/mol. The fourth-order valence-electron chi connectivity index (χ4n) is 0.928. The molecule has 1 saturated heterocycles. The number of nitrogens with one attached hydrogen (secondary N) is 1. The molecule has 1 aliphatic heterocycles. The summed E-state index contributed by atoms with van der Waals surface area (Å²) in [5.41, 5.74) is 0. The van der Waals surface area contributed by atoms with Gasteiger partial charge in [0.2, 0.25) is 0 Å². The first-order chi connectivity index (χ1) is 4.43. The van der Waals surface area contributed by atoms with Crippen LogP contribution in [0.5, 0.6) is 0 Å². The number of hydrogen-bond donors (Lipinski definition) is 1. The quantitative estimate of drug-likeness (QED) is 0.608. The first-order valence-electron chi connectivity index (χ1n) is 3.23. The molecule has 0 saturated carbocycles. The van der Waals surface area contributed by atoms with Gasteiger partial charge >= 0.3 is 0 Å². The van der Waals surface area contributed by atoms with E-state index in [0.29, 0.717) is 6.04 Å². The van der Waals surface area contributed by atoms with Crippen molar-refractivity contribution in [3.05, 3.63) is 0 Å². The summed E-state index contributed by atoms with van der Waals surface area (Å²) in [5.74, 6) is 2.45. The summed E-state index contributed by atoms with van der Waals surface area (Å²) in [6.45, 7) is 1.99. The van der Waals surface area contributed by atoms with Gasteiger partial charge in [0.25, 0.3) is 0 Å². The fraction of sp³-hybridized carbons (Fsp3) is 1.00. The molecule has 0 radical (unpaired) electrons. The van der Waals surface area contributed by atoms with Crippen molar-refractivity contribution in [1.82, 2.24) is 5.32 Å². The van der Waals surface area contributed by atoms with Gasteiger partial charge in [-0.15, -0.1) is 0 Å². The Kier molecular flexibility index (Phi) is 3.40. The van der Waals surface area contributed by atoms with Crippen molar-refractivity contribution in [3.63, 3.8) is 0 Å². The smallest absolute Gasteiger partial charge is 0.0623 e. The van der Waals surface area contributed by atoms with E-state index in [9.17, 15) is 0 Å². The third kappa shape index (κ3) is 2.56. The molecule has 0 aromatic heterocycles. The Morgan fingerprint density at radius 2 is 2.67 bits per heavy atom. The Morgan fingerprint density at radius 3 is 3.22 bits per heavy atom. The topological polar surface area (TPSA) is 21.3 Å². The van der Waals surface area contributed by atoms with Gasteiger partial charge in [-0.1, -0.05) is 0 Å². The van der Waals surface area contributed by atoms with E-state index in [1.807, 2.05) is 11.8 Å². The maximum Gasteiger partial charge on any atom is 0.0623 e. The molecule has 0 unspecified atom stereocenters. The van der Waals surface area contributed by atoms with Gasteiger partial charge in [-0.25, -0.2) is 0 Å². The van der Waals surface area contributed by atoms with E-state index in [4.69, 9.17) is 4.74 Å². The monoisotopic (exact) mass is 147 g/mol. The van der Waals surface area contributed by atoms with Crippen molar-refractivity contribution in [2.75, 3.05) is 31.8 Å². The van der Waals surface area contributed by atoms with Crippen molar-refractivity contribution < 1.29 is 4.74 Å². The minimum Gasteiger partial charge on any atom is -0.383 e. The van der Waals surface area contributed by atoms with Crippen LogP contribution in [0.15, 0.2) is 0 Å². The van der Waals surface area contributed by atoms with Crippen LogP contribution in [-0.2, 0) is 4.74 Å². The maximum atomic E-state index is 5.01. The van der Waals surface area contributed by atoms with E-state index in [0.717, 1.165) is 13.2 Å². The molecule has 0 aliphatic carbocycles. The van der Waals surface area contributed by atoms with E-state index < -0.39 is 0 Å². The Balaban J connectivity index is 2.08. The van der Waals surface area contributed by atoms with Gasteiger partial charge in [0.05, 0.1) is 6.61 Å². The second-order valence-corrected chi connectivity index (χ2v) is 3.33. The molecule has 1 heterocycles. The molecular weight excluding hydrogens is 134 g/mol. The average molecular weight is 147 g/mol. The second-order valence-electron chi connectivity index (χ2n) is 2.18. The van der Waals surface area contributed by atoms with Gasteiger partial charge < -0.3 is 10.1 Å². The number of hydrogen-bond acceptors (Lipinski definition) is 3. The Bertz CT molecular complexity index is 70.7. The highest BCUT2D eigenvalue weighted by atomic mass is 32.2.